The summed E-state index contributed by atoms with van der Waals surface area (Å²) in [4.78, 5) is 13.9. The van der Waals surface area contributed by atoms with Gasteiger partial charge in [-0.3, -0.25) is 4.79 Å². The number of rotatable bonds is 10. The van der Waals surface area contributed by atoms with E-state index in [2.05, 4.69) is 11.8 Å². The number of terminal acetylenes is 2. The van der Waals surface area contributed by atoms with Gasteiger partial charge in [0.05, 0.1) is 26.3 Å². The standard InChI is InChI=1S/C25H27NO4/c1-5-13-26(14-6-2)25(28)21-9-11-23(12-10-21)29-15-8-16-30-24-19(4)17-22(27)18-20(24)7-3/h1-2,9-12,17-18,27H,7-8,13-16H2,3-4H3. The van der Waals surface area contributed by atoms with Crippen LogP contribution in [-0.4, -0.2) is 42.2 Å². The van der Waals surface area contributed by atoms with Crippen molar-refractivity contribution in [2.24, 2.45) is 0 Å². The molecule has 0 spiro atoms. The van der Waals surface area contributed by atoms with Gasteiger partial charge in [-0.1, -0.05) is 18.8 Å². The van der Waals surface area contributed by atoms with Crippen molar-refractivity contribution in [3.8, 4) is 41.9 Å². The number of aryl methyl sites for hydroxylation is 2. The van der Waals surface area contributed by atoms with E-state index in [1.807, 2.05) is 13.8 Å². The fourth-order valence-electron chi connectivity index (χ4n) is 3.01. The highest BCUT2D eigenvalue weighted by atomic mass is 16.5. The number of carbonyl (C=O) groups is 1. The maximum atomic E-state index is 12.4. The number of phenolic OH excluding ortho intramolecular Hbond substituents is 1. The first kappa shape index (κ1) is 22.7. The van der Waals surface area contributed by atoms with Gasteiger partial charge in [0, 0.05) is 12.0 Å². The van der Waals surface area contributed by atoms with Crippen molar-refractivity contribution in [1.82, 2.24) is 4.90 Å². The molecule has 5 nitrogen and oxygen atoms in total. The summed E-state index contributed by atoms with van der Waals surface area (Å²) < 4.78 is 11.6. The highest BCUT2D eigenvalue weighted by molar-refractivity contribution is 5.94. The molecule has 0 unspecified atom stereocenters. The molecule has 0 aliphatic carbocycles. The fraction of sp³-hybridized carbons (Fsp3) is 0.320. The summed E-state index contributed by atoms with van der Waals surface area (Å²) in [5, 5.41) is 9.71. The number of hydrogen-bond donors (Lipinski definition) is 1. The van der Waals surface area contributed by atoms with E-state index in [1.54, 1.807) is 36.4 Å². The molecule has 0 aromatic heterocycles. The average molecular weight is 405 g/mol. The minimum atomic E-state index is -0.207. The van der Waals surface area contributed by atoms with Crippen molar-refractivity contribution in [2.75, 3.05) is 26.3 Å². The number of hydrogen-bond acceptors (Lipinski definition) is 4. The first-order valence-electron chi connectivity index (χ1n) is 9.84. The van der Waals surface area contributed by atoms with Crippen LogP contribution in [0.4, 0.5) is 0 Å². The molecule has 0 aliphatic heterocycles. The largest absolute Gasteiger partial charge is 0.508 e. The van der Waals surface area contributed by atoms with Crippen LogP contribution in [0.25, 0.3) is 0 Å². The van der Waals surface area contributed by atoms with Gasteiger partial charge in [-0.15, -0.1) is 12.8 Å². The fourth-order valence-corrected chi connectivity index (χ4v) is 3.01. The summed E-state index contributed by atoms with van der Waals surface area (Å²) in [7, 11) is 0. The Morgan fingerprint density at radius 3 is 2.30 bits per heavy atom. The lowest BCUT2D eigenvalue weighted by Crippen LogP contribution is -2.31. The Hall–Kier alpha value is -3.57. The number of ether oxygens (including phenoxy) is 2. The van der Waals surface area contributed by atoms with Crippen LogP contribution in [0.15, 0.2) is 36.4 Å². The molecule has 0 saturated heterocycles. The third kappa shape index (κ3) is 6.22. The molecule has 2 aromatic carbocycles. The predicted molar refractivity (Wildman–Crippen MR) is 118 cm³/mol. The lowest BCUT2D eigenvalue weighted by molar-refractivity contribution is 0.0796. The maximum Gasteiger partial charge on any atom is 0.255 e. The zero-order chi connectivity index (χ0) is 21.9. The number of phenols is 1. The summed E-state index contributed by atoms with van der Waals surface area (Å²) in [6, 6.07) is 10.3. The second kappa shape index (κ2) is 11.4. The topological polar surface area (TPSA) is 59.0 Å². The van der Waals surface area contributed by atoms with Crippen LogP contribution in [-0.2, 0) is 6.42 Å². The molecule has 5 heteroatoms. The quantitative estimate of drug-likeness (QED) is 0.482. The van der Waals surface area contributed by atoms with Crippen molar-refractivity contribution in [2.45, 2.75) is 26.7 Å². The molecule has 1 N–H and O–H groups in total. The van der Waals surface area contributed by atoms with E-state index < -0.39 is 0 Å². The average Bonchev–Trinajstić information content (AvgIpc) is 2.74. The second-order valence-electron chi connectivity index (χ2n) is 6.75. The van der Waals surface area contributed by atoms with E-state index in [9.17, 15) is 9.90 Å². The zero-order valence-electron chi connectivity index (χ0n) is 17.5. The number of benzene rings is 2. The lowest BCUT2D eigenvalue weighted by atomic mass is 10.1. The Kier molecular flexibility index (Phi) is 8.66. The van der Waals surface area contributed by atoms with Gasteiger partial charge in [-0.25, -0.2) is 0 Å². The SMILES string of the molecule is C#CCN(CC#C)C(=O)c1ccc(OCCCOc2c(C)cc(O)cc2CC)cc1. The summed E-state index contributed by atoms with van der Waals surface area (Å²) in [5.74, 6) is 6.42. The smallest absolute Gasteiger partial charge is 0.255 e. The van der Waals surface area contributed by atoms with Gasteiger partial charge in [0.1, 0.15) is 17.2 Å². The van der Waals surface area contributed by atoms with Gasteiger partial charge < -0.3 is 19.5 Å². The normalized spacial score (nSPS) is 10.0. The van der Waals surface area contributed by atoms with Crippen LogP contribution < -0.4 is 9.47 Å². The third-order valence-electron chi connectivity index (χ3n) is 4.47. The van der Waals surface area contributed by atoms with E-state index in [4.69, 9.17) is 22.3 Å². The molecule has 2 aromatic rings. The molecule has 0 radical (unpaired) electrons. The highest BCUT2D eigenvalue weighted by Gasteiger charge is 2.14. The van der Waals surface area contributed by atoms with Gasteiger partial charge in [0.25, 0.3) is 5.91 Å². The minimum Gasteiger partial charge on any atom is -0.508 e. The molecule has 0 saturated carbocycles. The summed E-state index contributed by atoms with van der Waals surface area (Å²) in [5.41, 5.74) is 2.40. The molecular weight excluding hydrogens is 378 g/mol. The van der Waals surface area contributed by atoms with E-state index in [0.717, 1.165) is 23.3 Å². The van der Waals surface area contributed by atoms with Crippen molar-refractivity contribution in [3.63, 3.8) is 0 Å². The minimum absolute atomic E-state index is 0.168. The van der Waals surface area contributed by atoms with E-state index in [1.165, 1.54) is 4.90 Å². The van der Waals surface area contributed by atoms with E-state index in [0.29, 0.717) is 30.9 Å². The van der Waals surface area contributed by atoms with Gasteiger partial charge in [-0.2, -0.15) is 0 Å². The summed E-state index contributed by atoms with van der Waals surface area (Å²) in [6.45, 7) is 5.26. The second-order valence-corrected chi connectivity index (χ2v) is 6.75. The van der Waals surface area contributed by atoms with Gasteiger partial charge in [0.15, 0.2) is 0 Å². The summed E-state index contributed by atoms with van der Waals surface area (Å²) in [6.07, 6.45) is 12.1. The molecule has 0 heterocycles. The van der Waals surface area contributed by atoms with E-state index >= 15 is 0 Å². The summed E-state index contributed by atoms with van der Waals surface area (Å²) >= 11 is 0. The van der Waals surface area contributed by atoms with Crippen molar-refractivity contribution >= 4 is 5.91 Å². The first-order valence-corrected chi connectivity index (χ1v) is 9.84. The monoisotopic (exact) mass is 405 g/mol. The van der Waals surface area contributed by atoms with Crippen molar-refractivity contribution in [3.05, 3.63) is 53.1 Å². The number of amides is 1. The molecule has 0 fully saturated rings. The first-order chi connectivity index (χ1) is 14.5. The molecule has 156 valence electrons. The lowest BCUT2D eigenvalue weighted by Gasteiger charge is -2.17. The molecular formula is C25H27NO4. The Balaban J connectivity index is 1.83. The Morgan fingerprint density at radius 1 is 1.07 bits per heavy atom. The molecule has 30 heavy (non-hydrogen) atoms. The predicted octanol–water partition coefficient (Wildman–Crippen LogP) is 3.82. The van der Waals surface area contributed by atoms with Crippen LogP contribution >= 0.6 is 0 Å². The van der Waals surface area contributed by atoms with Gasteiger partial charge in [0.2, 0.25) is 0 Å². The molecule has 0 aliphatic rings. The van der Waals surface area contributed by atoms with Gasteiger partial charge in [-0.05, 0) is 60.9 Å². The van der Waals surface area contributed by atoms with E-state index in [-0.39, 0.29) is 24.7 Å². The molecule has 0 bridgehead atoms. The van der Waals surface area contributed by atoms with Crippen LogP contribution in [0, 0.1) is 31.6 Å². The van der Waals surface area contributed by atoms with Crippen LogP contribution in [0.5, 0.6) is 17.2 Å². The highest BCUT2D eigenvalue weighted by Crippen LogP contribution is 2.29. The Bertz CT molecular complexity index is 919. The number of carbonyl (C=O) groups excluding carboxylic acids is 1. The number of nitrogens with zero attached hydrogens (tertiary/aromatic N) is 1. The number of aromatic hydroxyl groups is 1. The Labute approximate surface area is 178 Å². The van der Waals surface area contributed by atoms with Crippen LogP contribution in [0.3, 0.4) is 0 Å². The maximum absolute atomic E-state index is 12.4. The Morgan fingerprint density at radius 2 is 1.70 bits per heavy atom. The molecule has 1 amide bonds. The van der Waals surface area contributed by atoms with Crippen LogP contribution in [0.2, 0.25) is 0 Å². The van der Waals surface area contributed by atoms with Crippen LogP contribution in [0.1, 0.15) is 34.8 Å². The van der Waals surface area contributed by atoms with Crippen molar-refractivity contribution < 1.29 is 19.4 Å². The van der Waals surface area contributed by atoms with Gasteiger partial charge >= 0.3 is 0 Å². The van der Waals surface area contributed by atoms with Crippen molar-refractivity contribution in [1.29, 1.82) is 0 Å². The molecule has 0 atom stereocenters. The third-order valence-corrected chi connectivity index (χ3v) is 4.47. The zero-order valence-corrected chi connectivity index (χ0v) is 17.5. The molecule has 2 rings (SSSR count).